The third-order valence-corrected chi connectivity index (χ3v) is 2.62. The summed E-state index contributed by atoms with van der Waals surface area (Å²) in [5, 5.41) is -0.448. The Morgan fingerprint density at radius 2 is 2.07 bits per heavy atom. The van der Waals surface area contributed by atoms with Gasteiger partial charge in [-0.25, -0.2) is 0 Å². The molecule has 1 aromatic carbocycles. The Morgan fingerprint density at radius 1 is 1.40 bits per heavy atom. The predicted molar refractivity (Wildman–Crippen MR) is 61.5 cm³/mol. The monoisotopic (exact) mass is 226 g/mol. The van der Waals surface area contributed by atoms with E-state index in [1.54, 1.807) is 0 Å². The molecule has 1 atom stereocenters. The van der Waals surface area contributed by atoms with Gasteiger partial charge in [0.2, 0.25) is 0 Å². The molecule has 0 spiro atoms. The van der Waals surface area contributed by atoms with Crippen LogP contribution >= 0.6 is 11.6 Å². The van der Waals surface area contributed by atoms with Gasteiger partial charge in [-0.2, -0.15) is 0 Å². The normalized spacial score (nSPS) is 12.3. The second-order valence-electron chi connectivity index (χ2n) is 3.56. The number of halogens is 1. The first-order valence-corrected chi connectivity index (χ1v) is 5.35. The van der Waals surface area contributed by atoms with Crippen LogP contribution in [-0.2, 0) is 4.79 Å². The van der Waals surface area contributed by atoms with Crippen molar-refractivity contribution in [3.05, 3.63) is 29.3 Å². The largest absolute Gasteiger partial charge is 0.481 e. The first-order valence-electron chi connectivity index (χ1n) is 4.97. The van der Waals surface area contributed by atoms with E-state index in [1.807, 2.05) is 39.0 Å². The van der Waals surface area contributed by atoms with Crippen LogP contribution in [-0.4, -0.2) is 11.3 Å². The molecule has 15 heavy (non-hydrogen) atoms. The van der Waals surface area contributed by atoms with Gasteiger partial charge in [0.25, 0.3) is 5.24 Å². The fourth-order valence-corrected chi connectivity index (χ4v) is 1.44. The highest BCUT2D eigenvalue weighted by atomic mass is 35.5. The second-order valence-corrected chi connectivity index (χ2v) is 3.94. The summed E-state index contributed by atoms with van der Waals surface area (Å²) in [6, 6.07) is 5.73. The maximum Gasteiger partial charge on any atom is 0.262 e. The van der Waals surface area contributed by atoms with Gasteiger partial charge in [-0.3, -0.25) is 4.79 Å². The molecule has 0 N–H and O–H groups in total. The standard InChI is InChI=1S/C12H15ClO2/c1-4-11(12(13)14)15-10-6-5-8(2)9(3)7-10/h5-7,11H,4H2,1-3H3. The van der Waals surface area contributed by atoms with Crippen LogP contribution in [0.1, 0.15) is 24.5 Å². The quantitative estimate of drug-likeness (QED) is 0.737. The van der Waals surface area contributed by atoms with E-state index in [2.05, 4.69) is 0 Å². The summed E-state index contributed by atoms with van der Waals surface area (Å²) in [7, 11) is 0. The molecule has 0 fully saturated rings. The molecule has 0 aliphatic carbocycles. The molecule has 0 aliphatic rings. The van der Waals surface area contributed by atoms with E-state index in [0.717, 1.165) is 5.56 Å². The van der Waals surface area contributed by atoms with Gasteiger partial charge in [0.1, 0.15) is 5.75 Å². The number of carbonyl (C=O) groups is 1. The molecule has 1 aromatic rings. The molecule has 82 valence electrons. The van der Waals surface area contributed by atoms with Crippen molar-refractivity contribution in [2.24, 2.45) is 0 Å². The van der Waals surface area contributed by atoms with E-state index in [4.69, 9.17) is 16.3 Å². The van der Waals surface area contributed by atoms with Crippen molar-refractivity contribution in [3.63, 3.8) is 0 Å². The summed E-state index contributed by atoms with van der Waals surface area (Å²) in [5.74, 6) is 0.693. The highest BCUT2D eigenvalue weighted by molar-refractivity contribution is 6.64. The maximum atomic E-state index is 11.0. The van der Waals surface area contributed by atoms with Gasteiger partial charge in [-0.1, -0.05) is 13.0 Å². The van der Waals surface area contributed by atoms with Gasteiger partial charge >= 0.3 is 0 Å². The predicted octanol–water partition coefficient (Wildman–Crippen LogP) is 3.23. The van der Waals surface area contributed by atoms with Gasteiger partial charge < -0.3 is 4.74 Å². The number of hydrogen-bond donors (Lipinski definition) is 0. The van der Waals surface area contributed by atoms with E-state index in [0.29, 0.717) is 12.2 Å². The Balaban J connectivity index is 2.80. The van der Waals surface area contributed by atoms with Crippen LogP contribution in [0.4, 0.5) is 0 Å². The van der Waals surface area contributed by atoms with E-state index in [9.17, 15) is 4.79 Å². The molecule has 0 aliphatic heterocycles. The van der Waals surface area contributed by atoms with E-state index < -0.39 is 11.3 Å². The van der Waals surface area contributed by atoms with Crippen molar-refractivity contribution >= 4 is 16.8 Å². The molecule has 3 heteroatoms. The lowest BCUT2D eigenvalue weighted by Gasteiger charge is -2.14. The van der Waals surface area contributed by atoms with Crippen LogP contribution in [0.15, 0.2) is 18.2 Å². The van der Waals surface area contributed by atoms with Gasteiger partial charge in [0.15, 0.2) is 6.10 Å². The summed E-state index contributed by atoms with van der Waals surface area (Å²) in [5.41, 5.74) is 2.34. The van der Waals surface area contributed by atoms with Gasteiger partial charge in [0.05, 0.1) is 0 Å². The smallest absolute Gasteiger partial charge is 0.262 e. The van der Waals surface area contributed by atoms with Crippen LogP contribution in [0, 0.1) is 13.8 Å². The van der Waals surface area contributed by atoms with Gasteiger partial charge in [-0.05, 0) is 55.1 Å². The van der Waals surface area contributed by atoms with Crippen molar-refractivity contribution in [3.8, 4) is 5.75 Å². The molecule has 0 amide bonds. The van der Waals surface area contributed by atoms with Crippen LogP contribution in [0.5, 0.6) is 5.75 Å². The molecule has 1 rings (SSSR count). The van der Waals surface area contributed by atoms with Crippen LogP contribution < -0.4 is 4.74 Å². The zero-order valence-electron chi connectivity index (χ0n) is 9.21. The topological polar surface area (TPSA) is 26.3 Å². The van der Waals surface area contributed by atoms with Crippen LogP contribution in [0.25, 0.3) is 0 Å². The Hall–Kier alpha value is -1.02. The number of hydrogen-bond acceptors (Lipinski definition) is 2. The average Bonchev–Trinajstić information content (AvgIpc) is 2.19. The Labute approximate surface area is 95.2 Å². The SMILES string of the molecule is CCC(Oc1ccc(C)c(C)c1)C(=O)Cl. The number of carbonyl (C=O) groups excluding carboxylic acids is 1. The first-order chi connectivity index (χ1) is 7.04. The molecule has 0 heterocycles. The average molecular weight is 227 g/mol. The van der Waals surface area contributed by atoms with Crippen LogP contribution in [0.3, 0.4) is 0 Å². The molecular formula is C12H15ClO2. The van der Waals surface area contributed by atoms with Crippen molar-refractivity contribution < 1.29 is 9.53 Å². The summed E-state index contributed by atoms with van der Waals surface area (Å²) in [4.78, 5) is 11.0. The summed E-state index contributed by atoms with van der Waals surface area (Å²) < 4.78 is 5.48. The van der Waals surface area contributed by atoms with Crippen molar-refractivity contribution in [2.75, 3.05) is 0 Å². The minimum Gasteiger partial charge on any atom is -0.481 e. The molecule has 2 nitrogen and oxygen atoms in total. The van der Waals surface area contributed by atoms with Gasteiger partial charge in [0, 0.05) is 0 Å². The molecule has 0 saturated heterocycles. The summed E-state index contributed by atoms with van der Waals surface area (Å²) >= 11 is 5.40. The molecule has 0 radical (unpaired) electrons. The molecule has 1 unspecified atom stereocenters. The lowest BCUT2D eigenvalue weighted by Crippen LogP contribution is -2.22. The first kappa shape index (κ1) is 12.1. The minimum atomic E-state index is -0.547. The Kier molecular flexibility index (Phi) is 4.15. The number of rotatable bonds is 4. The molecule has 0 aromatic heterocycles. The van der Waals surface area contributed by atoms with Crippen molar-refractivity contribution in [1.29, 1.82) is 0 Å². The maximum absolute atomic E-state index is 11.0. The number of benzene rings is 1. The van der Waals surface area contributed by atoms with Gasteiger partial charge in [-0.15, -0.1) is 0 Å². The fraction of sp³-hybridized carbons (Fsp3) is 0.417. The van der Waals surface area contributed by atoms with Crippen molar-refractivity contribution in [1.82, 2.24) is 0 Å². The fourth-order valence-electron chi connectivity index (χ4n) is 1.24. The summed E-state index contributed by atoms with van der Waals surface area (Å²) in [6.07, 6.45) is 0.0312. The zero-order chi connectivity index (χ0) is 11.4. The van der Waals surface area contributed by atoms with Crippen molar-refractivity contribution in [2.45, 2.75) is 33.3 Å². The molecular weight excluding hydrogens is 212 g/mol. The number of ether oxygens (including phenoxy) is 1. The molecule has 0 bridgehead atoms. The highest BCUT2D eigenvalue weighted by Gasteiger charge is 2.15. The Bertz CT molecular complexity index is 361. The zero-order valence-corrected chi connectivity index (χ0v) is 9.97. The van der Waals surface area contributed by atoms with Crippen LogP contribution in [0.2, 0.25) is 0 Å². The molecule has 0 saturated carbocycles. The lowest BCUT2D eigenvalue weighted by molar-refractivity contribution is -0.117. The number of aryl methyl sites for hydroxylation is 2. The summed E-state index contributed by atoms with van der Waals surface area (Å²) in [6.45, 7) is 5.90. The second kappa shape index (κ2) is 5.17. The van der Waals surface area contributed by atoms with E-state index in [-0.39, 0.29) is 0 Å². The van der Waals surface area contributed by atoms with E-state index in [1.165, 1.54) is 5.56 Å². The third-order valence-electron chi connectivity index (χ3n) is 2.38. The highest BCUT2D eigenvalue weighted by Crippen LogP contribution is 2.19. The lowest BCUT2D eigenvalue weighted by atomic mass is 10.1. The Morgan fingerprint density at radius 3 is 2.53 bits per heavy atom. The minimum absolute atomic E-state index is 0.448. The third kappa shape index (κ3) is 3.24. The van der Waals surface area contributed by atoms with E-state index >= 15 is 0 Å².